The van der Waals surface area contributed by atoms with Gasteiger partial charge in [0.25, 0.3) is 5.91 Å². The maximum atomic E-state index is 12.8. The van der Waals surface area contributed by atoms with Gasteiger partial charge in [-0.2, -0.15) is 0 Å². The topological polar surface area (TPSA) is 71.8 Å². The average Bonchev–Trinajstić information content (AvgIpc) is 3.41. The van der Waals surface area contributed by atoms with Gasteiger partial charge in [0.05, 0.1) is 18.3 Å². The third-order valence-electron chi connectivity index (χ3n) is 4.90. The molecule has 3 heterocycles. The van der Waals surface area contributed by atoms with E-state index in [4.69, 9.17) is 0 Å². The first kappa shape index (κ1) is 17.9. The first-order chi connectivity index (χ1) is 13.3. The Bertz CT molecular complexity index is 856. The molecule has 0 spiro atoms. The van der Waals surface area contributed by atoms with Crippen molar-refractivity contribution in [2.75, 3.05) is 13.1 Å². The van der Waals surface area contributed by atoms with Crippen LogP contribution in [-0.2, 0) is 6.42 Å². The first-order valence-corrected chi connectivity index (χ1v) is 10.2. The SMILES string of the molecule is O=C(NC(Cc1ccccc1)c1cccs1)c1cn(C2CCNCC2)nn1. The second-order valence-corrected chi connectivity index (χ2v) is 7.78. The van der Waals surface area contributed by atoms with Gasteiger partial charge in [0.15, 0.2) is 5.69 Å². The summed E-state index contributed by atoms with van der Waals surface area (Å²) in [5, 5.41) is 16.8. The molecule has 1 aliphatic rings. The smallest absolute Gasteiger partial charge is 0.273 e. The minimum Gasteiger partial charge on any atom is -0.343 e. The maximum absolute atomic E-state index is 12.8. The second-order valence-electron chi connectivity index (χ2n) is 6.80. The minimum absolute atomic E-state index is 0.0797. The van der Waals surface area contributed by atoms with Gasteiger partial charge in [-0.05, 0) is 49.4 Å². The lowest BCUT2D eigenvalue weighted by Gasteiger charge is -2.22. The van der Waals surface area contributed by atoms with Crippen LogP contribution in [0.3, 0.4) is 0 Å². The summed E-state index contributed by atoms with van der Waals surface area (Å²) in [4.78, 5) is 13.9. The molecule has 3 aromatic rings. The van der Waals surface area contributed by atoms with Crippen LogP contribution in [0, 0.1) is 0 Å². The van der Waals surface area contributed by atoms with Gasteiger partial charge >= 0.3 is 0 Å². The van der Waals surface area contributed by atoms with E-state index in [9.17, 15) is 4.79 Å². The highest BCUT2D eigenvalue weighted by Gasteiger charge is 2.22. The number of thiophene rings is 1. The fourth-order valence-corrected chi connectivity index (χ4v) is 4.20. The number of rotatable bonds is 6. The molecule has 140 valence electrons. The summed E-state index contributed by atoms with van der Waals surface area (Å²) in [6.07, 6.45) is 4.54. The summed E-state index contributed by atoms with van der Waals surface area (Å²) >= 11 is 1.65. The van der Waals surface area contributed by atoms with E-state index in [1.54, 1.807) is 17.5 Å². The van der Waals surface area contributed by atoms with Gasteiger partial charge in [-0.25, -0.2) is 4.68 Å². The van der Waals surface area contributed by atoms with Crippen molar-refractivity contribution in [2.45, 2.75) is 31.3 Å². The summed E-state index contributed by atoms with van der Waals surface area (Å²) in [7, 11) is 0. The third-order valence-corrected chi connectivity index (χ3v) is 5.89. The molecule has 1 fully saturated rings. The Labute approximate surface area is 162 Å². The van der Waals surface area contributed by atoms with E-state index >= 15 is 0 Å². The van der Waals surface area contributed by atoms with E-state index in [2.05, 4.69) is 39.1 Å². The lowest BCUT2D eigenvalue weighted by molar-refractivity contribution is 0.0932. The van der Waals surface area contributed by atoms with Crippen molar-refractivity contribution in [3.8, 4) is 0 Å². The van der Waals surface area contributed by atoms with Crippen molar-refractivity contribution in [1.82, 2.24) is 25.6 Å². The maximum Gasteiger partial charge on any atom is 0.273 e. The van der Waals surface area contributed by atoms with Crippen LogP contribution in [0.2, 0.25) is 0 Å². The molecule has 4 rings (SSSR count). The van der Waals surface area contributed by atoms with Gasteiger partial charge in [-0.15, -0.1) is 16.4 Å². The Morgan fingerprint density at radius 1 is 1.22 bits per heavy atom. The van der Waals surface area contributed by atoms with Gasteiger partial charge in [0.2, 0.25) is 0 Å². The van der Waals surface area contributed by atoms with E-state index < -0.39 is 0 Å². The quantitative estimate of drug-likeness (QED) is 0.689. The Kier molecular flexibility index (Phi) is 5.60. The number of nitrogens with one attached hydrogen (secondary N) is 2. The standard InChI is InChI=1S/C20H23N5OS/c26-20(18-14-25(24-23-18)16-8-10-21-11-9-16)22-17(19-7-4-12-27-19)13-15-5-2-1-3-6-15/h1-7,12,14,16-17,21H,8-11,13H2,(H,22,26). The zero-order valence-electron chi connectivity index (χ0n) is 15.0. The lowest BCUT2D eigenvalue weighted by Crippen LogP contribution is -2.30. The van der Waals surface area contributed by atoms with Gasteiger partial charge in [0.1, 0.15) is 0 Å². The fraction of sp³-hybridized carbons (Fsp3) is 0.350. The highest BCUT2D eigenvalue weighted by Crippen LogP contribution is 2.24. The molecule has 1 aliphatic heterocycles. The van der Waals surface area contributed by atoms with E-state index in [-0.39, 0.29) is 11.9 Å². The molecule has 0 bridgehead atoms. The molecule has 2 N–H and O–H groups in total. The van der Waals surface area contributed by atoms with Crippen molar-refractivity contribution in [3.63, 3.8) is 0 Å². The molecule has 1 atom stereocenters. The number of hydrogen-bond donors (Lipinski definition) is 2. The summed E-state index contributed by atoms with van der Waals surface area (Å²) in [5.74, 6) is -0.176. The van der Waals surface area contributed by atoms with Crippen LogP contribution in [0.1, 0.15) is 45.9 Å². The van der Waals surface area contributed by atoms with Crippen LogP contribution in [0.4, 0.5) is 0 Å². The molecule has 0 saturated carbocycles. The number of carbonyl (C=O) groups excluding carboxylic acids is 1. The van der Waals surface area contributed by atoms with E-state index in [0.29, 0.717) is 11.7 Å². The van der Waals surface area contributed by atoms with Crippen molar-refractivity contribution in [1.29, 1.82) is 0 Å². The zero-order chi connectivity index (χ0) is 18.5. The highest BCUT2D eigenvalue weighted by molar-refractivity contribution is 7.10. The number of benzene rings is 1. The van der Waals surface area contributed by atoms with Crippen molar-refractivity contribution < 1.29 is 4.79 Å². The van der Waals surface area contributed by atoms with Crippen LogP contribution in [0.5, 0.6) is 0 Å². The highest BCUT2D eigenvalue weighted by atomic mass is 32.1. The number of nitrogens with zero attached hydrogens (tertiary/aromatic N) is 3. The molecule has 1 amide bonds. The molecule has 7 heteroatoms. The molecule has 2 aromatic heterocycles. The molecular weight excluding hydrogens is 358 g/mol. The van der Waals surface area contributed by atoms with E-state index in [1.165, 1.54) is 5.56 Å². The fourth-order valence-electron chi connectivity index (χ4n) is 3.42. The summed E-state index contributed by atoms with van der Waals surface area (Å²) in [6.45, 7) is 1.95. The largest absolute Gasteiger partial charge is 0.343 e. The zero-order valence-corrected chi connectivity index (χ0v) is 15.9. The predicted octanol–water partition coefficient (Wildman–Crippen LogP) is 2.98. The summed E-state index contributed by atoms with van der Waals surface area (Å²) < 4.78 is 1.84. The predicted molar refractivity (Wildman–Crippen MR) is 106 cm³/mol. The average molecular weight is 382 g/mol. The van der Waals surface area contributed by atoms with Crippen molar-refractivity contribution >= 4 is 17.2 Å². The molecule has 0 radical (unpaired) electrons. The third kappa shape index (κ3) is 4.43. The Hall–Kier alpha value is -2.51. The van der Waals surface area contributed by atoms with Crippen molar-refractivity contribution in [2.24, 2.45) is 0 Å². The molecule has 1 saturated heterocycles. The molecule has 6 nitrogen and oxygen atoms in total. The number of piperidine rings is 1. The van der Waals surface area contributed by atoms with Gasteiger partial charge in [-0.1, -0.05) is 41.6 Å². The molecule has 27 heavy (non-hydrogen) atoms. The summed E-state index contributed by atoms with van der Waals surface area (Å²) in [6, 6.07) is 14.5. The normalized spacial score (nSPS) is 16.1. The number of aromatic nitrogens is 3. The van der Waals surface area contributed by atoms with Crippen LogP contribution < -0.4 is 10.6 Å². The van der Waals surface area contributed by atoms with Gasteiger partial charge in [-0.3, -0.25) is 4.79 Å². The Balaban J connectivity index is 1.47. The van der Waals surface area contributed by atoms with Crippen LogP contribution in [0.25, 0.3) is 0 Å². The summed E-state index contributed by atoms with van der Waals surface area (Å²) in [5.41, 5.74) is 1.57. The van der Waals surface area contributed by atoms with Crippen LogP contribution >= 0.6 is 11.3 Å². The monoisotopic (exact) mass is 381 g/mol. The second kappa shape index (κ2) is 8.45. The van der Waals surface area contributed by atoms with E-state index in [1.807, 2.05) is 34.3 Å². The molecular formula is C20H23N5OS. The van der Waals surface area contributed by atoms with Gasteiger partial charge < -0.3 is 10.6 Å². The first-order valence-electron chi connectivity index (χ1n) is 9.30. The number of hydrogen-bond acceptors (Lipinski definition) is 5. The number of amides is 1. The Morgan fingerprint density at radius 2 is 2.04 bits per heavy atom. The van der Waals surface area contributed by atoms with E-state index in [0.717, 1.165) is 37.2 Å². The molecule has 1 aromatic carbocycles. The molecule has 0 aliphatic carbocycles. The van der Waals surface area contributed by atoms with Crippen molar-refractivity contribution in [3.05, 3.63) is 70.2 Å². The van der Waals surface area contributed by atoms with Crippen LogP contribution in [0.15, 0.2) is 54.0 Å². The molecule has 1 unspecified atom stereocenters. The van der Waals surface area contributed by atoms with Gasteiger partial charge in [0, 0.05) is 4.88 Å². The lowest BCUT2D eigenvalue weighted by atomic mass is 10.0. The van der Waals surface area contributed by atoms with Crippen LogP contribution in [-0.4, -0.2) is 34.0 Å². The minimum atomic E-state index is -0.176. The number of carbonyl (C=O) groups is 1. The Morgan fingerprint density at radius 3 is 2.78 bits per heavy atom.